The molecule has 0 amide bonds. The molecule has 0 atom stereocenters. The van der Waals surface area contributed by atoms with Crippen LogP contribution in [0.15, 0.2) is 42.6 Å². The van der Waals surface area contributed by atoms with Gasteiger partial charge in [-0.15, -0.1) is 0 Å². The highest BCUT2D eigenvalue weighted by molar-refractivity contribution is 5.97. The van der Waals surface area contributed by atoms with Gasteiger partial charge < -0.3 is 15.1 Å². The molecule has 2 aromatic rings. The fourth-order valence-electron chi connectivity index (χ4n) is 2.99. The minimum absolute atomic E-state index is 0.000274. The van der Waals surface area contributed by atoms with E-state index in [9.17, 15) is 14.9 Å². The van der Waals surface area contributed by atoms with Gasteiger partial charge in [0.2, 0.25) is 0 Å². The van der Waals surface area contributed by atoms with Crippen molar-refractivity contribution in [2.45, 2.75) is 0 Å². The van der Waals surface area contributed by atoms with Crippen LogP contribution in [0.3, 0.4) is 0 Å². The number of nitrogens with one attached hydrogen (secondary N) is 1. The number of hydrogen-bond acceptors (Lipinski definition) is 7. The number of likely N-dealkylation sites (N-methyl/N-ethyl adjacent to an activating group) is 1. The Balaban J connectivity index is 1.59. The Morgan fingerprint density at radius 1 is 1.12 bits per heavy atom. The summed E-state index contributed by atoms with van der Waals surface area (Å²) < 4.78 is 0. The molecule has 1 fully saturated rings. The normalized spacial score (nSPS) is 14.3. The second-order valence-corrected chi connectivity index (χ2v) is 6.11. The van der Waals surface area contributed by atoms with Crippen molar-refractivity contribution in [1.29, 1.82) is 0 Å². The number of carbonyl (C=O) groups excluding carboxylic acids is 1. The number of rotatable bonds is 6. The lowest BCUT2D eigenvalue weighted by Crippen LogP contribution is -2.46. The molecule has 1 aliphatic heterocycles. The van der Waals surface area contributed by atoms with Gasteiger partial charge in [-0.05, 0) is 37.4 Å². The van der Waals surface area contributed by atoms with Crippen molar-refractivity contribution >= 4 is 23.0 Å². The predicted octanol–water partition coefficient (Wildman–Crippen LogP) is 1.72. The Morgan fingerprint density at radius 3 is 2.31 bits per heavy atom. The molecule has 0 radical (unpaired) electrons. The zero-order valence-electron chi connectivity index (χ0n) is 14.6. The molecule has 8 heteroatoms. The first-order valence-corrected chi connectivity index (χ1v) is 8.46. The first kappa shape index (κ1) is 17.8. The van der Waals surface area contributed by atoms with Crippen molar-refractivity contribution in [2.24, 2.45) is 0 Å². The van der Waals surface area contributed by atoms with E-state index in [-0.39, 0.29) is 11.5 Å². The standard InChI is InChI=1S/C18H21N5O3/c1-19-13-17(24)14-2-4-15(5-3-14)21-8-10-22(11-9-21)18-7-6-16(12-20-18)23(25)26/h2-7,12,19H,8-11,13H2,1H3. The van der Waals surface area contributed by atoms with Crippen LogP contribution in [0.2, 0.25) is 0 Å². The number of piperazine rings is 1. The number of nitrogens with zero attached hydrogens (tertiary/aromatic N) is 4. The average molecular weight is 355 g/mol. The second kappa shape index (κ2) is 7.92. The molecule has 0 unspecified atom stereocenters. The molecular formula is C18H21N5O3. The summed E-state index contributed by atoms with van der Waals surface area (Å²) in [6.07, 6.45) is 1.29. The number of Topliss-reactive ketones (excluding diaryl/α,β-unsaturated/α-hetero) is 1. The van der Waals surface area contributed by atoms with E-state index in [1.54, 1.807) is 13.1 Å². The Bertz CT molecular complexity index is 768. The molecule has 8 nitrogen and oxygen atoms in total. The van der Waals surface area contributed by atoms with Crippen molar-refractivity contribution in [1.82, 2.24) is 10.3 Å². The molecule has 136 valence electrons. The fraction of sp³-hybridized carbons (Fsp3) is 0.333. The van der Waals surface area contributed by atoms with E-state index in [1.807, 2.05) is 24.3 Å². The average Bonchev–Trinajstić information content (AvgIpc) is 2.68. The van der Waals surface area contributed by atoms with E-state index in [1.165, 1.54) is 12.3 Å². The Kier molecular flexibility index (Phi) is 5.43. The van der Waals surface area contributed by atoms with E-state index in [2.05, 4.69) is 20.1 Å². The first-order valence-electron chi connectivity index (χ1n) is 8.46. The topological polar surface area (TPSA) is 91.6 Å². The maximum atomic E-state index is 11.9. The molecule has 0 spiro atoms. The molecule has 1 N–H and O–H groups in total. The van der Waals surface area contributed by atoms with Gasteiger partial charge >= 0.3 is 0 Å². The fourth-order valence-corrected chi connectivity index (χ4v) is 2.99. The van der Waals surface area contributed by atoms with E-state index in [4.69, 9.17) is 0 Å². The number of carbonyl (C=O) groups is 1. The Morgan fingerprint density at radius 2 is 1.77 bits per heavy atom. The molecule has 0 bridgehead atoms. The van der Waals surface area contributed by atoms with Gasteiger partial charge in [0, 0.05) is 43.5 Å². The first-order chi connectivity index (χ1) is 12.6. The number of hydrogen-bond donors (Lipinski definition) is 1. The van der Waals surface area contributed by atoms with E-state index in [0.29, 0.717) is 12.1 Å². The van der Waals surface area contributed by atoms with Crippen LogP contribution in [-0.2, 0) is 0 Å². The van der Waals surface area contributed by atoms with Crippen LogP contribution < -0.4 is 15.1 Å². The second-order valence-electron chi connectivity index (χ2n) is 6.11. The Labute approximate surface area is 151 Å². The monoisotopic (exact) mass is 355 g/mol. The minimum Gasteiger partial charge on any atom is -0.368 e. The van der Waals surface area contributed by atoms with Crippen molar-refractivity contribution in [2.75, 3.05) is 49.6 Å². The number of benzene rings is 1. The molecule has 0 aliphatic carbocycles. The molecular weight excluding hydrogens is 334 g/mol. The third-order valence-corrected chi connectivity index (χ3v) is 4.44. The van der Waals surface area contributed by atoms with E-state index in [0.717, 1.165) is 37.7 Å². The van der Waals surface area contributed by atoms with Crippen LogP contribution in [0.4, 0.5) is 17.2 Å². The highest BCUT2D eigenvalue weighted by atomic mass is 16.6. The number of aromatic nitrogens is 1. The summed E-state index contributed by atoms with van der Waals surface area (Å²) in [6, 6.07) is 10.8. The van der Waals surface area contributed by atoms with Gasteiger partial charge in [-0.2, -0.15) is 0 Å². The zero-order chi connectivity index (χ0) is 18.5. The minimum atomic E-state index is -0.445. The highest BCUT2D eigenvalue weighted by Crippen LogP contribution is 2.21. The lowest BCUT2D eigenvalue weighted by atomic mass is 10.1. The molecule has 26 heavy (non-hydrogen) atoms. The lowest BCUT2D eigenvalue weighted by Gasteiger charge is -2.36. The zero-order valence-corrected chi connectivity index (χ0v) is 14.6. The predicted molar refractivity (Wildman–Crippen MR) is 100 cm³/mol. The number of anilines is 2. The number of nitro groups is 1. The maximum absolute atomic E-state index is 11.9. The molecule has 3 rings (SSSR count). The van der Waals surface area contributed by atoms with Crippen molar-refractivity contribution in [3.63, 3.8) is 0 Å². The highest BCUT2D eigenvalue weighted by Gasteiger charge is 2.19. The molecule has 1 aliphatic rings. The van der Waals surface area contributed by atoms with Crippen LogP contribution in [0.25, 0.3) is 0 Å². The molecule has 1 aromatic heterocycles. The maximum Gasteiger partial charge on any atom is 0.287 e. The number of ketones is 1. The Hall–Kier alpha value is -3.00. The van der Waals surface area contributed by atoms with Gasteiger partial charge in [0.25, 0.3) is 5.69 Å². The summed E-state index contributed by atoms with van der Waals surface area (Å²) in [5.41, 5.74) is 1.79. The van der Waals surface area contributed by atoms with Gasteiger partial charge in [-0.3, -0.25) is 14.9 Å². The molecule has 1 saturated heterocycles. The summed E-state index contributed by atoms with van der Waals surface area (Å²) in [4.78, 5) is 30.7. The van der Waals surface area contributed by atoms with Crippen LogP contribution in [0.1, 0.15) is 10.4 Å². The third-order valence-electron chi connectivity index (χ3n) is 4.44. The third kappa shape index (κ3) is 3.97. The van der Waals surface area contributed by atoms with Gasteiger partial charge in [-0.25, -0.2) is 4.98 Å². The van der Waals surface area contributed by atoms with Gasteiger partial charge in [0.1, 0.15) is 12.0 Å². The van der Waals surface area contributed by atoms with Crippen LogP contribution in [0, 0.1) is 10.1 Å². The molecule has 1 aromatic carbocycles. The van der Waals surface area contributed by atoms with Crippen LogP contribution in [-0.4, -0.2) is 55.5 Å². The molecule has 0 saturated carbocycles. The van der Waals surface area contributed by atoms with Crippen LogP contribution in [0.5, 0.6) is 0 Å². The SMILES string of the molecule is CNCC(=O)c1ccc(N2CCN(c3ccc([N+](=O)[O-])cn3)CC2)cc1. The van der Waals surface area contributed by atoms with Crippen molar-refractivity contribution < 1.29 is 9.72 Å². The van der Waals surface area contributed by atoms with Gasteiger partial charge in [-0.1, -0.05) is 0 Å². The summed E-state index contributed by atoms with van der Waals surface area (Å²) in [5, 5.41) is 13.6. The van der Waals surface area contributed by atoms with Crippen molar-refractivity contribution in [3.8, 4) is 0 Å². The van der Waals surface area contributed by atoms with E-state index < -0.39 is 4.92 Å². The van der Waals surface area contributed by atoms with E-state index >= 15 is 0 Å². The smallest absolute Gasteiger partial charge is 0.287 e. The van der Waals surface area contributed by atoms with Crippen LogP contribution >= 0.6 is 0 Å². The molecule has 2 heterocycles. The van der Waals surface area contributed by atoms with Crippen molar-refractivity contribution in [3.05, 3.63) is 58.3 Å². The summed E-state index contributed by atoms with van der Waals surface area (Å²) in [7, 11) is 1.76. The quantitative estimate of drug-likeness (QED) is 0.479. The lowest BCUT2D eigenvalue weighted by molar-refractivity contribution is -0.385. The largest absolute Gasteiger partial charge is 0.368 e. The van der Waals surface area contributed by atoms with Gasteiger partial charge in [0.05, 0.1) is 11.5 Å². The number of pyridine rings is 1. The summed E-state index contributed by atoms with van der Waals surface area (Å²) in [5.74, 6) is 0.830. The van der Waals surface area contributed by atoms with Gasteiger partial charge in [0.15, 0.2) is 5.78 Å². The summed E-state index contributed by atoms with van der Waals surface area (Å²) >= 11 is 0. The summed E-state index contributed by atoms with van der Waals surface area (Å²) in [6.45, 7) is 3.54.